The van der Waals surface area contributed by atoms with E-state index < -0.39 is 0 Å². The first-order valence-corrected chi connectivity index (χ1v) is 5.80. The second-order valence-electron chi connectivity index (χ2n) is 3.77. The number of benzene rings is 1. The van der Waals surface area contributed by atoms with Crippen LogP contribution < -0.4 is 10.1 Å². The average molecular weight is 231 g/mol. The highest BCUT2D eigenvalue weighted by molar-refractivity contribution is 5.59. The number of rotatable bonds is 5. The number of anilines is 1. The molecule has 0 aliphatic heterocycles. The number of para-hydroxylation sites is 1. The van der Waals surface area contributed by atoms with Gasteiger partial charge in [-0.2, -0.15) is 0 Å². The lowest BCUT2D eigenvalue weighted by Gasteiger charge is -2.14. The molecular formula is C14H17NO2. The quantitative estimate of drug-likeness (QED) is 0.855. The molecule has 0 aliphatic rings. The Balaban J connectivity index is 2.18. The van der Waals surface area contributed by atoms with Crippen molar-refractivity contribution in [3.05, 3.63) is 47.9 Å². The van der Waals surface area contributed by atoms with E-state index in [2.05, 4.69) is 18.3 Å². The summed E-state index contributed by atoms with van der Waals surface area (Å²) in [6.07, 6.45) is 2.60. The Morgan fingerprint density at radius 3 is 2.76 bits per heavy atom. The first-order valence-electron chi connectivity index (χ1n) is 5.80. The zero-order chi connectivity index (χ0) is 12.1. The molecule has 90 valence electrons. The first kappa shape index (κ1) is 11.6. The van der Waals surface area contributed by atoms with Crippen molar-refractivity contribution in [3.63, 3.8) is 0 Å². The second kappa shape index (κ2) is 5.43. The molecule has 0 spiro atoms. The van der Waals surface area contributed by atoms with Gasteiger partial charge < -0.3 is 14.5 Å². The van der Waals surface area contributed by atoms with E-state index in [4.69, 9.17) is 9.15 Å². The fraction of sp³-hybridized carbons (Fsp3) is 0.286. The smallest absolute Gasteiger partial charge is 0.146 e. The number of hydrogen-bond donors (Lipinski definition) is 1. The zero-order valence-corrected chi connectivity index (χ0v) is 10.2. The van der Waals surface area contributed by atoms with Crippen molar-refractivity contribution >= 4 is 5.69 Å². The van der Waals surface area contributed by atoms with Crippen LogP contribution in [0.5, 0.6) is 5.75 Å². The minimum Gasteiger partial charge on any atom is -0.483 e. The molecule has 0 aliphatic carbocycles. The highest BCUT2D eigenvalue weighted by atomic mass is 16.5. The SMILES string of the molecule is CCc1cccc(NC)c1OCc1ccco1. The van der Waals surface area contributed by atoms with Gasteiger partial charge in [0.15, 0.2) is 0 Å². The molecule has 1 aromatic carbocycles. The largest absolute Gasteiger partial charge is 0.483 e. The lowest BCUT2D eigenvalue weighted by atomic mass is 10.1. The number of furan rings is 1. The summed E-state index contributed by atoms with van der Waals surface area (Å²) in [7, 11) is 1.90. The van der Waals surface area contributed by atoms with Crippen molar-refractivity contribution in [2.75, 3.05) is 12.4 Å². The van der Waals surface area contributed by atoms with Gasteiger partial charge in [0.2, 0.25) is 0 Å². The first-order chi connectivity index (χ1) is 8.35. The highest BCUT2D eigenvalue weighted by Gasteiger charge is 2.08. The van der Waals surface area contributed by atoms with Crippen molar-refractivity contribution in [1.29, 1.82) is 0 Å². The van der Waals surface area contributed by atoms with Crippen LogP contribution in [-0.4, -0.2) is 7.05 Å². The van der Waals surface area contributed by atoms with Crippen molar-refractivity contribution in [1.82, 2.24) is 0 Å². The summed E-state index contributed by atoms with van der Waals surface area (Å²) in [5.74, 6) is 1.74. The van der Waals surface area contributed by atoms with Crippen LogP contribution in [0.2, 0.25) is 0 Å². The Morgan fingerprint density at radius 2 is 2.12 bits per heavy atom. The lowest BCUT2D eigenvalue weighted by Crippen LogP contribution is -2.01. The van der Waals surface area contributed by atoms with Crippen LogP contribution in [0.4, 0.5) is 5.69 Å². The van der Waals surface area contributed by atoms with Crippen LogP contribution in [0.15, 0.2) is 41.0 Å². The van der Waals surface area contributed by atoms with E-state index >= 15 is 0 Å². The molecule has 17 heavy (non-hydrogen) atoms. The topological polar surface area (TPSA) is 34.4 Å². The van der Waals surface area contributed by atoms with E-state index in [0.29, 0.717) is 6.61 Å². The Bertz CT molecular complexity index is 441. The van der Waals surface area contributed by atoms with E-state index in [1.54, 1.807) is 6.26 Å². The molecule has 0 unspecified atom stereocenters. The maximum absolute atomic E-state index is 5.84. The van der Waals surface area contributed by atoms with Crippen molar-refractivity contribution in [2.45, 2.75) is 20.0 Å². The van der Waals surface area contributed by atoms with Crippen LogP contribution in [0.1, 0.15) is 18.2 Å². The molecule has 1 heterocycles. The summed E-state index contributed by atoms with van der Waals surface area (Å²) in [6.45, 7) is 2.58. The van der Waals surface area contributed by atoms with Crippen molar-refractivity contribution in [2.24, 2.45) is 0 Å². The zero-order valence-electron chi connectivity index (χ0n) is 10.2. The summed E-state index contributed by atoms with van der Waals surface area (Å²) in [4.78, 5) is 0. The maximum Gasteiger partial charge on any atom is 0.146 e. The summed E-state index contributed by atoms with van der Waals surface area (Å²) in [5, 5.41) is 3.14. The molecule has 1 aromatic heterocycles. The summed E-state index contributed by atoms with van der Waals surface area (Å²) < 4.78 is 11.1. The molecule has 3 nitrogen and oxygen atoms in total. The van der Waals surface area contributed by atoms with Gasteiger partial charge in [0.1, 0.15) is 18.1 Å². The molecule has 0 saturated heterocycles. The van der Waals surface area contributed by atoms with Crippen LogP contribution in [-0.2, 0) is 13.0 Å². The van der Waals surface area contributed by atoms with Crippen LogP contribution in [0.3, 0.4) is 0 Å². The fourth-order valence-electron chi connectivity index (χ4n) is 1.77. The molecule has 2 aromatic rings. The minimum absolute atomic E-state index is 0.457. The predicted molar refractivity (Wildman–Crippen MR) is 68.4 cm³/mol. The van der Waals surface area contributed by atoms with E-state index in [1.165, 1.54) is 5.56 Å². The van der Waals surface area contributed by atoms with Gasteiger partial charge >= 0.3 is 0 Å². The lowest BCUT2D eigenvalue weighted by molar-refractivity contribution is 0.269. The standard InChI is InChI=1S/C14H17NO2/c1-3-11-6-4-8-13(15-2)14(11)17-10-12-7-5-9-16-12/h4-9,15H,3,10H2,1-2H3. The molecule has 1 N–H and O–H groups in total. The van der Waals surface area contributed by atoms with Crippen LogP contribution in [0, 0.1) is 0 Å². The Hall–Kier alpha value is -1.90. The summed E-state index contributed by atoms with van der Waals surface area (Å²) in [6, 6.07) is 9.90. The Morgan fingerprint density at radius 1 is 1.24 bits per heavy atom. The maximum atomic E-state index is 5.84. The molecular weight excluding hydrogens is 214 g/mol. The van der Waals surface area contributed by atoms with Crippen molar-refractivity contribution in [3.8, 4) is 5.75 Å². The third-order valence-corrected chi connectivity index (χ3v) is 2.69. The molecule has 3 heteroatoms. The second-order valence-corrected chi connectivity index (χ2v) is 3.77. The van der Waals surface area contributed by atoms with E-state index in [-0.39, 0.29) is 0 Å². The molecule has 0 radical (unpaired) electrons. The number of hydrogen-bond acceptors (Lipinski definition) is 3. The van der Waals surface area contributed by atoms with Gasteiger partial charge in [0.25, 0.3) is 0 Å². The monoisotopic (exact) mass is 231 g/mol. The minimum atomic E-state index is 0.457. The Kier molecular flexibility index (Phi) is 3.70. The molecule has 0 bridgehead atoms. The van der Waals surface area contributed by atoms with E-state index in [1.807, 2.05) is 31.3 Å². The normalized spacial score (nSPS) is 10.2. The number of ether oxygens (including phenoxy) is 1. The highest BCUT2D eigenvalue weighted by Crippen LogP contribution is 2.29. The number of aryl methyl sites for hydroxylation is 1. The molecule has 0 atom stereocenters. The van der Waals surface area contributed by atoms with Crippen LogP contribution in [0.25, 0.3) is 0 Å². The van der Waals surface area contributed by atoms with Gasteiger partial charge in [0.05, 0.1) is 12.0 Å². The molecule has 0 amide bonds. The summed E-state index contributed by atoms with van der Waals surface area (Å²) >= 11 is 0. The third-order valence-electron chi connectivity index (χ3n) is 2.69. The van der Waals surface area contributed by atoms with Crippen molar-refractivity contribution < 1.29 is 9.15 Å². The fourth-order valence-corrected chi connectivity index (χ4v) is 1.77. The van der Waals surface area contributed by atoms with Gasteiger partial charge in [-0.3, -0.25) is 0 Å². The number of nitrogens with one attached hydrogen (secondary N) is 1. The third kappa shape index (κ3) is 2.61. The van der Waals surface area contributed by atoms with Gasteiger partial charge in [-0.15, -0.1) is 0 Å². The summed E-state index contributed by atoms with van der Waals surface area (Å²) in [5.41, 5.74) is 2.21. The van der Waals surface area contributed by atoms with Gasteiger partial charge in [-0.25, -0.2) is 0 Å². The Labute approximate surface area is 101 Å². The van der Waals surface area contributed by atoms with E-state index in [0.717, 1.165) is 23.6 Å². The molecule has 0 fully saturated rings. The van der Waals surface area contributed by atoms with E-state index in [9.17, 15) is 0 Å². The average Bonchev–Trinajstić information content (AvgIpc) is 2.88. The van der Waals surface area contributed by atoms with Crippen LogP contribution >= 0.6 is 0 Å². The van der Waals surface area contributed by atoms with Gasteiger partial charge in [-0.1, -0.05) is 19.1 Å². The molecule has 0 saturated carbocycles. The molecule has 2 rings (SSSR count). The van der Waals surface area contributed by atoms with Gasteiger partial charge in [-0.05, 0) is 30.2 Å². The van der Waals surface area contributed by atoms with Gasteiger partial charge in [0, 0.05) is 7.05 Å². The predicted octanol–water partition coefficient (Wildman–Crippen LogP) is 3.46.